The summed E-state index contributed by atoms with van der Waals surface area (Å²) in [6.45, 7) is 4.33. The summed E-state index contributed by atoms with van der Waals surface area (Å²) in [4.78, 5) is 42.2. The Morgan fingerprint density at radius 2 is 1.51 bits per heavy atom. The predicted molar refractivity (Wildman–Crippen MR) is 230 cm³/mol. The molecule has 61 heavy (non-hydrogen) atoms. The van der Waals surface area contributed by atoms with Gasteiger partial charge in [-0.05, 0) is 70.0 Å². The second-order valence-electron chi connectivity index (χ2n) is 16.3. The van der Waals surface area contributed by atoms with Crippen LogP contribution in [-0.4, -0.2) is 69.7 Å². The van der Waals surface area contributed by atoms with E-state index in [0.29, 0.717) is 37.5 Å². The van der Waals surface area contributed by atoms with E-state index in [9.17, 15) is 24.6 Å². The average molecular weight is 844 g/mol. The van der Waals surface area contributed by atoms with Crippen molar-refractivity contribution in [3.8, 4) is 11.1 Å². The number of benzene rings is 5. The summed E-state index contributed by atoms with van der Waals surface area (Å²) < 4.78 is 18.8. The zero-order valence-electron chi connectivity index (χ0n) is 34.0. The van der Waals surface area contributed by atoms with Crippen LogP contribution in [0.15, 0.2) is 127 Å². The number of ether oxygens (including phenoxy) is 3. The number of amides is 3. The fraction of sp³-hybridized carbons (Fsp3) is 0.327. The molecule has 3 aliphatic heterocycles. The second kappa shape index (κ2) is 18.7. The molecular formula is C49H50ClN3O8. The Hall–Kier alpha value is -5.40. The molecule has 11 nitrogen and oxygen atoms in total. The molecule has 3 N–H and O–H groups in total. The van der Waals surface area contributed by atoms with E-state index >= 15 is 0 Å². The number of halogens is 1. The van der Waals surface area contributed by atoms with Gasteiger partial charge in [0.15, 0.2) is 6.29 Å². The SMILES string of the molecule is CC1C(CN2CCC(O)(c3ccc(Cl)cc3)CC2)OC(c2ccc(-c3cccc(CN4C(=O)CC(NC(=O)OCc5ccccc5)C4=O)c3)cc2)OC1c1ccc(CO)cc1. The van der Waals surface area contributed by atoms with E-state index in [1.54, 1.807) is 0 Å². The summed E-state index contributed by atoms with van der Waals surface area (Å²) >= 11 is 6.12. The maximum Gasteiger partial charge on any atom is 0.408 e. The van der Waals surface area contributed by atoms with Gasteiger partial charge in [-0.15, -0.1) is 0 Å². The first-order chi connectivity index (χ1) is 29.5. The number of imide groups is 1. The van der Waals surface area contributed by atoms with Gasteiger partial charge in [0.2, 0.25) is 5.91 Å². The minimum absolute atomic E-state index is 0.00389. The number of nitrogens with one attached hydrogen (secondary N) is 1. The molecule has 0 saturated carbocycles. The number of alkyl carbamates (subject to hydrolysis) is 1. The van der Waals surface area contributed by atoms with Crippen molar-refractivity contribution < 1.29 is 38.8 Å². The molecule has 3 aliphatic rings. The third kappa shape index (κ3) is 9.89. The topological polar surface area (TPSA) is 138 Å². The molecule has 5 aromatic carbocycles. The number of hydrogen-bond acceptors (Lipinski definition) is 9. The van der Waals surface area contributed by atoms with E-state index in [2.05, 4.69) is 17.1 Å². The number of rotatable bonds is 12. The van der Waals surface area contributed by atoms with E-state index in [0.717, 1.165) is 44.5 Å². The van der Waals surface area contributed by atoms with Crippen molar-refractivity contribution in [3.63, 3.8) is 0 Å². The smallest absolute Gasteiger partial charge is 0.408 e. The quantitative estimate of drug-likeness (QED) is 0.107. The maximum absolute atomic E-state index is 13.2. The summed E-state index contributed by atoms with van der Waals surface area (Å²) in [6, 6.07) is 39.2. The molecule has 3 amide bonds. The van der Waals surface area contributed by atoms with Crippen LogP contribution in [0.25, 0.3) is 11.1 Å². The predicted octanol–water partition coefficient (Wildman–Crippen LogP) is 7.83. The number of piperidine rings is 1. The minimum Gasteiger partial charge on any atom is -0.445 e. The molecule has 3 fully saturated rings. The maximum atomic E-state index is 13.2. The Balaban J connectivity index is 0.927. The van der Waals surface area contributed by atoms with Crippen molar-refractivity contribution in [2.75, 3.05) is 19.6 Å². The van der Waals surface area contributed by atoms with Crippen LogP contribution in [0.3, 0.4) is 0 Å². The normalized spacial score (nSPS) is 22.9. The fourth-order valence-electron chi connectivity index (χ4n) is 8.47. The van der Waals surface area contributed by atoms with Crippen LogP contribution in [0, 0.1) is 5.92 Å². The first-order valence-corrected chi connectivity index (χ1v) is 21.1. The van der Waals surface area contributed by atoms with Crippen LogP contribution in [0.1, 0.15) is 72.0 Å². The molecule has 0 aromatic heterocycles. The molecule has 3 heterocycles. The van der Waals surface area contributed by atoms with Crippen molar-refractivity contribution in [1.29, 1.82) is 0 Å². The molecule has 0 radical (unpaired) electrons. The monoisotopic (exact) mass is 843 g/mol. The van der Waals surface area contributed by atoms with Gasteiger partial charge < -0.3 is 34.6 Å². The van der Waals surface area contributed by atoms with Gasteiger partial charge >= 0.3 is 6.09 Å². The molecule has 0 spiro atoms. The number of carbonyl (C=O) groups excluding carboxylic acids is 3. The lowest BCUT2D eigenvalue weighted by Gasteiger charge is -2.45. The van der Waals surface area contributed by atoms with Gasteiger partial charge in [-0.1, -0.05) is 128 Å². The number of likely N-dealkylation sites (tertiary alicyclic amines) is 2. The van der Waals surface area contributed by atoms with E-state index in [1.165, 1.54) is 4.90 Å². The molecule has 5 atom stereocenters. The number of aliphatic hydroxyl groups is 2. The van der Waals surface area contributed by atoms with E-state index in [1.807, 2.05) is 127 Å². The van der Waals surface area contributed by atoms with Gasteiger partial charge in [0.05, 0.1) is 37.4 Å². The fourth-order valence-corrected chi connectivity index (χ4v) is 8.60. The van der Waals surface area contributed by atoms with E-state index in [-0.39, 0.29) is 50.2 Å². The van der Waals surface area contributed by atoms with Gasteiger partial charge in [-0.3, -0.25) is 14.5 Å². The van der Waals surface area contributed by atoms with Crippen LogP contribution in [-0.2, 0) is 49.2 Å². The minimum atomic E-state index is -0.988. The van der Waals surface area contributed by atoms with Crippen molar-refractivity contribution in [3.05, 3.63) is 166 Å². The van der Waals surface area contributed by atoms with Gasteiger partial charge in [0.1, 0.15) is 12.6 Å². The Kier molecular flexibility index (Phi) is 13.0. The number of nitrogens with zero attached hydrogens (tertiary/aromatic N) is 2. The lowest BCUT2D eigenvalue weighted by Crippen LogP contribution is -2.49. The highest BCUT2D eigenvalue weighted by Crippen LogP contribution is 2.43. The zero-order valence-corrected chi connectivity index (χ0v) is 34.7. The lowest BCUT2D eigenvalue weighted by atomic mass is 9.84. The number of carbonyl (C=O) groups is 3. The molecular weight excluding hydrogens is 794 g/mol. The molecule has 8 rings (SSSR count). The first kappa shape index (κ1) is 42.3. The Labute approximate surface area is 360 Å². The average Bonchev–Trinajstić information content (AvgIpc) is 3.54. The largest absolute Gasteiger partial charge is 0.445 e. The number of hydrogen-bond donors (Lipinski definition) is 3. The van der Waals surface area contributed by atoms with Crippen LogP contribution in [0.5, 0.6) is 0 Å². The molecule has 3 saturated heterocycles. The van der Waals surface area contributed by atoms with Crippen molar-refractivity contribution in [2.45, 2.75) is 76.1 Å². The van der Waals surface area contributed by atoms with Crippen molar-refractivity contribution in [2.24, 2.45) is 5.92 Å². The zero-order chi connectivity index (χ0) is 42.5. The molecule has 0 bridgehead atoms. The van der Waals surface area contributed by atoms with Gasteiger partial charge in [-0.2, -0.15) is 0 Å². The summed E-state index contributed by atoms with van der Waals surface area (Å²) in [5.74, 6) is -0.835. The molecule has 12 heteroatoms. The summed E-state index contributed by atoms with van der Waals surface area (Å²) in [5, 5.41) is 24.4. The van der Waals surface area contributed by atoms with Gasteiger partial charge in [-0.25, -0.2) is 4.79 Å². The number of aliphatic hydroxyl groups excluding tert-OH is 1. The van der Waals surface area contributed by atoms with Crippen LogP contribution >= 0.6 is 11.6 Å². The molecule has 0 aliphatic carbocycles. The van der Waals surface area contributed by atoms with E-state index < -0.39 is 29.9 Å². The van der Waals surface area contributed by atoms with Crippen molar-refractivity contribution in [1.82, 2.24) is 15.1 Å². The van der Waals surface area contributed by atoms with Crippen molar-refractivity contribution >= 4 is 29.5 Å². The Bertz CT molecular complexity index is 2300. The van der Waals surface area contributed by atoms with Crippen LogP contribution < -0.4 is 5.32 Å². The highest BCUT2D eigenvalue weighted by atomic mass is 35.5. The highest BCUT2D eigenvalue weighted by Gasteiger charge is 2.42. The van der Waals surface area contributed by atoms with Crippen LogP contribution in [0.4, 0.5) is 4.79 Å². The summed E-state index contributed by atoms with van der Waals surface area (Å²) in [6.07, 6.45) is -0.789. The molecule has 5 unspecified atom stereocenters. The summed E-state index contributed by atoms with van der Waals surface area (Å²) in [7, 11) is 0. The Morgan fingerprint density at radius 3 is 2.21 bits per heavy atom. The second-order valence-corrected chi connectivity index (χ2v) is 16.7. The molecule has 5 aromatic rings. The Morgan fingerprint density at radius 1 is 0.820 bits per heavy atom. The standard InChI is InChI=1S/C49H50ClN3O8/c1-32-43(29-52-24-22-49(58,23-25-52)40-18-20-41(50)21-19-40)60-47(61-45(32)37-12-10-33(30-54)11-13-37)38-16-14-36(15-17-38)39-9-5-8-35(26-39)28-53-44(55)27-42(46(53)56)51-48(57)59-31-34-6-3-2-4-7-34/h2-21,26,32,42-43,45,47,54,58H,22-25,27-31H2,1H3,(H,51,57). The van der Waals surface area contributed by atoms with Crippen LogP contribution in [0.2, 0.25) is 5.02 Å². The van der Waals surface area contributed by atoms with E-state index in [4.69, 9.17) is 25.8 Å². The molecule has 316 valence electrons. The third-order valence-electron chi connectivity index (χ3n) is 12.2. The third-order valence-corrected chi connectivity index (χ3v) is 12.4. The lowest BCUT2D eigenvalue weighted by molar-refractivity contribution is -0.277. The van der Waals surface area contributed by atoms with Gasteiger partial charge in [0.25, 0.3) is 5.91 Å². The first-order valence-electron chi connectivity index (χ1n) is 20.8. The summed E-state index contributed by atoms with van der Waals surface area (Å²) in [5.41, 5.74) is 6.09. The highest BCUT2D eigenvalue weighted by molar-refractivity contribution is 6.30. The van der Waals surface area contributed by atoms with Gasteiger partial charge in [0, 0.05) is 36.1 Å².